The molecule has 1 amide bonds. The van der Waals surface area contributed by atoms with E-state index in [2.05, 4.69) is 0 Å². The van der Waals surface area contributed by atoms with Crippen LogP contribution in [-0.4, -0.2) is 38.7 Å². The molecule has 6 heteroatoms. The van der Waals surface area contributed by atoms with Gasteiger partial charge in [0.15, 0.2) is 11.5 Å². The molecule has 0 aliphatic rings. The van der Waals surface area contributed by atoms with Gasteiger partial charge in [-0.1, -0.05) is 29.8 Å². The molecule has 0 aliphatic carbocycles. The van der Waals surface area contributed by atoms with Crippen LogP contribution in [0.4, 0.5) is 0 Å². The molecular weight excluding hydrogens is 366 g/mol. The van der Waals surface area contributed by atoms with E-state index < -0.39 is 0 Å². The summed E-state index contributed by atoms with van der Waals surface area (Å²) in [6, 6.07) is 11.3. The van der Waals surface area contributed by atoms with E-state index >= 15 is 0 Å². The van der Waals surface area contributed by atoms with Gasteiger partial charge in [0, 0.05) is 24.5 Å². The second kappa shape index (κ2) is 10.1. The van der Waals surface area contributed by atoms with Gasteiger partial charge in [-0.2, -0.15) is 0 Å². The summed E-state index contributed by atoms with van der Waals surface area (Å²) in [6.07, 6.45) is 0.964. The number of halogens is 1. The van der Waals surface area contributed by atoms with Gasteiger partial charge in [-0.3, -0.25) is 4.79 Å². The number of rotatable bonds is 9. The lowest BCUT2D eigenvalue weighted by molar-refractivity contribution is -0.131. The van der Waals surface area contributed by atoms with Gasteiger partial charge in [0.25, 0.3) is 0 Å². The Balaban J connectivity index is 2.08. The van der Waals surface area contributed by atoms with E-state index in [1.54, 1.807) is 26.2 Å². The number of hydrogen-bond acceptors (Lipinski definition) is 4. The summed E-state index contributed by atoms with van der Waals surface area (Å²) >= 11 is 6.22. The van der Waals surface area contributed by atoms with Crippen molar-refractivity contribution in [2.45, 2.75) is 26.3 Å². The van der Waals surface area contributed by atoms with Crippen LogP contribution in [0.15, 0.2) is 36.4 Å². The Morgan fingerprint density at radius 3 is 2.19 bits per heavy atom. The Labute approximate surface area is 165 Å². The molecule has 2 aromatic rings. The summed E-state index contributed by atoms with van der Waals surface area (Å²) in [7, 11) is 4.72. The highest BCUT2D eigenvalue weighted by molar-refractivity contribution is 6.31. The zero-order valence-corrected chi connectivity index (χ0v) is 17.0. The first kappa shape index (κ1) is 20.9. The SMILES string of the molecule is CCN(Cc1ccccc1Cl)C(=O)CCc1cc(OC)c(OC)c(OC)c1. The zero-order valence-electron chi connectivity index (χ0n) is 16.3. The molecule has 0 aliphatic heterocycles. The normalized spacial score (nSPS) is 10.4. The minimum absolute atomic E-state index is 0.0752. The van der Waals surface area contributed by atoms with Crippen molar-refractivity contribution in [3.8, 4) is 17.2 Å². The third-order valence-electron chi connectivity index (χ3n) is 4.41. The smallest absolute Gasteiger partial charge is 0.223 e. The average Bonchev–Trinajstić information content (AvgIpc) is 2.70. The Kier molecular flexibility index (Phi) is 7.80. The summed E-state index contributed by atoms with van der Waals surface area (Å²) in [4.78, 5) is 14.5. The number of carbonyl (C=O) groups excluding carboxylic acids is 1. The first-order valence-corrected chi connectivity index (χ1v) is 9.21. The molecule has 0 radical (unpaired) electrons. The third-order valence-corrected chi connectivity index (χ3v) is 4.77. The number of nitrogens with zero attached hydrogens (tertiary/aromatic N) is 1. The molecule has 0 saturated heterocycles. The van der Waals surface area contributed by atoms with E-state index in [9.17, 15) is 4.79 Å². The first-order chi connectivity index (χ1) is 13.0. The van der Waals surface area contributed by atoms with Crippen LogP contribution in [0.1, 0.15) is 24.5 Å². The molecule has 0 heterocycles. The number of methoxy groups -OCH3 is 3. The van der Waals surface area contributed by atoms with Crippen molar-refractivity contribution < 1.29 is 19.0 Å². The van der Waals surface area contributed by atoms with Crippen LogP contribution in [0.5, 0.6) is 17.2 Å². The van der Waals surface area contributed by atoms with E-state index in [0.717, 1.165) is 11.1 Å². The van der Waals surface area contributed by atoms with Crippen molar-refractivity contribution in [3.63, 3.8) is 0 Å². The molecule has 0 atom stereocenters. The molecule has 146 valence electrons. The van der Waals surface area contributed by atoms with Gasteiger partial charge in [0.2, 0.25) is 11.7 Å². The molecular formula is C21H26ClNO4. The standard InChI is InChI=1S/C21H26ClNO4/c1-5-23(14-16-8-6-7-9-17(16)22)20(24)11-10-15-12-18(25-2)21(27-4)19(13-15)26-3/h6-9,12-13H,5,10-11,14H2,1-4H3. The predicted octanol–water partition coefficient (Wildman–Crippen LogP) is 4.35. The highest BCUT2D eigenvalue weighted by atomic mass is 35.5. The molecule has 0 fully saturated rings. The lowest BCUT2D eigenvalue weighted by Gasteiger charge is -2.22. The third kappa shape index (κ3) is 5.30. The number of amides is 1. The first-order valence-electron chi connectivity index (χ1n) is 8.84. The molecule has 27 heavy (non-hydrogen) atoms. The fourth-order valence-electron chi connectivity index (χ4n) is 2.90. The van der Waals surface area contributed by atoms with Crippen LogP contribution in [0.2, 0.25) is 5.02 Å². The Bertz CT molecular complexity index is 754. The van der Waals surface area contributed by atoms with Crippen LogP contribution in [-0.2, 0) is 17.8 Å². The van der Waals surface area contributed by atoms with Gasteiger partial charge in [-0.05, 0) is 42.7 Å². The van der Waals surface area contributed by atoms with E-state index in [1.165, 1.54) is 0 Å². The minimum atomic E-state index is 0.0752. The maximum atomic E-state index is 12.7. The molecule has 0 N–H and O–H groups in total. The van der Waals surface area contributed by atoms with Crippen molar-refractivity contribution in [1.29, 1.82) is 0 Å². The molecule has 0 spiro atoms. The monoisotopic (exact) mass is 391 g/mol. The lowest BCUT2D eigenvalue weighted by atomic mass is 10.1. The van der Waals surface area contributed by atoms with Crippen molar-refractivity contribution in [3.05, 3.63) is 52.5 Å². The van der Waals surface area contributed by atoms with Gasteiger partial charge >= 0.3 is 0 Å². The van der Waals surface area contributed by atoms with Gasteiger partial charge < -0.3 is 19.1 Å². The second-order valence-electron chi connectivity index (χ2n) is 6.03. The molecule has 2 rings (SSSR count). The second-order valence-corrected chi connectivity index (χ2v) is 6.44. The fraction of sp³-hybridized carbons (Fsp3) is 0.381. The summed E-state index contributed by atoms with van der Waals surface area (Å²) in [6.45, 7) is 3.09. The predicted molar refractivity (Wildman–Crippen MR) is 107 cm³/mol. The quantitative estimate of drug-likeness (QED) is 0.637. The zero-order chi connectivity index (χ0) is 19.8. The number of benzene rings is 2. The van der Waals surface area contributed by atoms with E-state index in [1.807, 2.05) is 43.3 Å². The number of carbonyl (C=O) groups is 1. The molecule has 5 nitrogen and oxygen atoms in total. The highest BCUT2D eigenvalue weighted by Crippen LogP contribution is 2.38. The fourth-order valence-corrected chi connectivity index (χ4v) is 3.09. The summed E-state index contributed by atoms with van der Waals surface area (Å²) in [5.41, 5.74) is 1.90. The Hall–Kier alpha value is -2.40. The van der Waals surface area contributed by atoms with Crippen molar-refractivity contribution in [2.24, 2.45) is 0 Å². The van der Waals surface area contributed by atoms with Gasteiger partial charge in [0.1, 0.15) is 0 Å². The Morgan fingerprint density at radius 2 is 1.67 bits per heavy atom. The average molecular weight is 392 g/mol. The van der Waals surface area contributed by atoms with Crippen molar-refractivity contribution in [1.82, 2.24) is 4.90 Å². The van der Waals surface area contributed by atoms with Gasteiger partial charge in [-0.15, -0.1) is 0 Å². The number of aryl methyl sites for hydroxylation is 1. The maximum absolute atomic E-state index is 12.7. The van der Waals surface area contributed by atoms with E-state index in [4.69, 9.17) is 25.8 Å². The molecule has 0 unspecified atom stereocenters. The maximum Gasteiger partial charge on any atom is 0.223 e. The van der Waals surface area contributed by atoms with Crippen LogP contribution >= 0.6 is 11.6 Å². The highest BCUT2D eigenvalue weighted by Gasteiger charge is 2.16. The minimum Gasteiger partial charge on any atom is -0.493 e. The number of ether oxygens (including phenoxy) is 3. The van der Waals surface area contributed by atoms with E-state index in [0.29, 0.717) is 48.2 Å². The van der Waals surface area contributed by atoms with Crippen molar-refractivity contribution in [2.75, 3.05) is 27.9 Å². The van der Waals surface area contributed by atoms with Crippen LogP contribution in [0, 0.1) is 0 Å². The Morgan fingerprint density at radius 1 is 1.04 bits per heavy atom. The molecule has 0 saturated carbocycles. The molecule has 0 aromatic heterocycles. The van der Waals surface area contributed by atoms with Crippen LogP contribution in [0.3, 0.4) is 0 Å². The summed E-state index contributed by atoms with van der Waals surface area (Å²) < 4.78 is 16.1. The summed E-state index contributed by atoms with van der Waals surface area (Å²) in [5.74, 6) is 1.79. The lowest BCUT2D eigenvalue weighted by Crippen LogP contribution is -2.30. The topological polar surface area (TPSA) is 48.0 Å². The van der Waals surface area contributed by atoms with Crippen molar-refractivity contribution >= 4 is 17.5 Å². The van der Waals surface area contributed by atoms with E-state index in [-0.39, 0.29) is 5.91 Å². The summed E-state index contributed by atoms with van der Waals surface area (Å²) in [5, 5.41) is 0.674. The van der Waals surface area contributed by atoms with Gasteiger partial charge in [0.05, 0.1) is 21.3 Å². The largest absolute Gasteiger partial charge is 0.493 e. The molecule has 0 bridgehead atoms. The van der Waals surface area contributed by atoms with Gasteiger partial charge in [-0.25, -0.2) is 0 Å². The van der Waals surface area contributed by atoms with Crippen LogP contribution < -0.4 is 14.2 Å². The molecule has 2 aromatic carbocycles. The van der Waals surface area contributed by atoms with Crippen LogP contribution in [0.25, 0.3) is 0 Å². The number of hydrogen-bond donors (Lipinski definition) is 0.